The highest BCUT2D eigenvalue weighted by molar-refractivity contribution is 7.99. The van der Waals surface area contributed by atoms with Crippen molar-refractivity contribution < 1.29 is 14.8 Å². The molecule has 0 atom stereocenters. The summed E-state index contributed by atoms with van der Waals surface area (Å²) in [5, 5.41) is 20.1. The van der Waals surface area contributed by atoms with Gasteiger partial charge in [0.15, 0.2) is 0 Å². The molecule has 0 fully saturated rings. The summed E-state index contributed by atoms with van der Waals surface area (Å²) in [6.45, 7) is 0. The molecule has 19 heavy (non-hydrogen) atoms. The van der Waals surface area contributed by atoms with E-state index in [1.165, 1.54) is 12.1 Å². The third kappa shape index (κ3) is 3.08. The van der Waals surface area contributed by atoms with Crippen LogP contribution in [0.2, 0.25) is 0 Å². The van der Waals surface area contributed by atoms with E-state index in [-0.39, 0.29) is 11.4 Å². The zero-order valence-corrected chi connectivity index (χ0v) is 10.3. The normalized spacial score (nSPS) is 10.1. The number of aromatic nitrogens is 1. The van der Waals surface area contributed by atoms with Gasteiger partial charge in [-0.3, -0.25) is 10.1 Å². The summed E-state index contributed by atoms with van der Waals surface area (Å²) >= 11 is 1.06. The minimum Gasteiger partial charge on any atom is -0.477 e. The Morgan fingerprint density at radius 3 is 2.63 bits per heavy atom. The summed E-state index contributed by atoms with van der Waals surface area (Å²) in [5.41, 5.74) is -0.126. The number of carboxylic acids is 1. The van der Waals surface area contributed by atoms with Crippen LogP contribution in [0.15, 0.2) is 52.4 Å². The van der Waals surface area contributed by atoms with Gasteiger partial charge in [-0.25, -0.2) is 9.78 Å². The van der Waals surface area contributed by atoms with Crippen molar-refractivity contribution in [3.63, 3.8) is 0 Å². The summed E-state index contributed by atoms with van der Waals surface area (Å²) in [5.74, 6) is -1.13. The van der Waals surface area contributed by atoms with Crippen molar-refractivity contribution >= 4 is 23.4 Å². The van der Waals surface area contributed by atoms with Gasteiger partial charge in [0.25, 0.3) is 5.69 Å². The van der Waals surface area contributed by atoms with E-state index in [1.54, 1.807) is 30.3 Å². The number of hydrogen-bond donors (Lipinski definition) is 1. The van der Waals surface area contributed by atoms with E-state index in [2.05, 4.69) is 4.98 Å². The number of carbonyl (C=O) groups is 1. The van der Waals surface area contributed by atoms with Crippen molar-refractivity contribution in [2.24, 2.45) is 0 Å². The van der Waals surface area contributed by atoms with Crippen LogP contribution in [0.25, 0.3) is 0 Å². The van der Waals surface area contributed by atoms with Gasteiger partial charge >= 0.3 is 5.97 Å². The number of pyridine rings is 1. The molecule has 96 valence electrons. The molecule has 1 heterocycles. The highest BCUT2D eigenvalue weighted by atomic mass is 32.2. The van der Waals surface area contributed by atoms with E-state index in [1.807, 2.05) is 0 Å². The summed E-state index contributed by atoms with van der Waals surface area (Å²) in [6.07, 6.45) is 0. The standard InChI is InChI=1S/C12H8N2O4S/c15-12(16)8-4-3-7-11(13-8)19-10-6-2-1-5-9(10)14(17)18/h1-7H,(H,15,16). The summed E-state index contributed by atoms with van der Waals surface area (Å²) in [4.78, 5) is 25.5. The second-order valence-corrected chi connectivity index (χ2v) is 4.56. The Morgan fingerprint density at radius 2 is 1.95 bits per heavy atom. The molecule has 7 heteroatoms. The molecular formula is C12H8N2O4S. The molecule has 0 aliphatic carbocycles. The second kappa shape index (κ2) is 5.49. The van der Waals surface area contributed by atoms with Crippen molar-refractivity contribution in [2.75, 3.05) is 0 Å². The largest absolute Gasteiger partial charge is 0.477 e. The molecule has 0 saturated heterocycles. The zero-order chi connectivity index (χ0) is 13.8. The second-order valence-electron chi connectivity index (χ2n) is 3.49. The molecule has 0 bridgehead atoms. The summed E-state index contributed by atoms with van der Waals surface area (Å²) < 4.78 is 0. The van der Waals surface area contributed by atoms with Gasteiger partial charge < -0.3 is 5.11 Å². The van der Waals surface area contributed by atoms with Gasteiger partial charge in [-0.15, -0.1) is 0 Å². The number of nitrogens with zero attached hydrogens (tertiary/aromatic N) is 2. The van der Waals surface area contributed by atoms with Gasteiger partial charge in [0, 0.05) is 6.07 Å². The van der Waals surface area contributed by atoms with Crippen LogP contribution in [0, 0.1) is 10.1 Å². The number of carboxylic acid groups (broad SMARTS) is 1. The topological polar surface area (TPSA) is 93.3 Å². The van der Waals surface area contributed by atoms with Crippen LogP contribution < -0.4 is 0 Å². The van der Waals surface area contributed by atoms with Crippen LogP contribution in [-0.4, -0.2) is 21.0 Å². The van der Waals surface area contributed by atoms with E-state index in [0.29, 0.717) is 9.92 Å². The lowest BCUT2D eigenvalue weighted by Crippen LogP contribution is -2.00. The van der Waals surface area contributed by atoms with Gasteiger partial charge in [0.2, 0.25) is 0 Å². The van der Waals surface area contributed by atoms with Crippen molar-refractivity contribution in [1.82, 2.24) is 4.98 Å². The van der Waals surface area contributed by atoms with Gasteiger partial charge in [0.1, 0.15) is 10.7 Å². The number of benzene rings is 1. The minimum absolute atomic E-state index is 0.0324. The van der Waals surface area contributed by atoms with Gasteiger partial charge in [0.05, 0.1) is 9.82 Å². The number of hydrogen-bond acceptors (Lipinski definition) is 5. The lowest BCUT2D eigenvalue weighted by atomic mass is 10.3. The number of nitro groups is 1. The number of nitro benzene ring substituents is 1. The van der Waals surface area contributed by atoms with Crippen LogP contribution in [0.5, 0.6) is 0 Å². The van der Waals surface area contributed by atoms with Crippen LogP contribution >= 0.6 is 11.8 Å². The monoisotopic (exact) mass is 276 g/mol. The highest BCUT2D eigenvalue weighted by Crippen LogP contribution is 2.33. The molecule has 1 aromatic heterocycles. The predicted octanol–water partition coefficient (Wildman–Crippen LogP) is 2.84. The van der Waals surface area contributed by atoms with Gasteiger partial charge in [-0.2, -0.15) is 0 Å². The fourth-order valence-electron chi connectivity index (χ4n) is 1.40. The molecule has 0 unspecified atom stereocenters. The van der Waals surface area contributed by atoms with E-state index < -0.39 is 10.9 Å². The smallest absolute Gasteiger partial charge is 0.354 e. The van der Waals surface area contributed by atoms with Crippen molar-refractivity contribution in [3.8, 4) is 0 Å². The first kappa shape index (κ1) is 13.0. The zero-order valence-electron chi connectivity index (χ0n) is 9.52. The molecular weight excluding hydrogens is 268 g/mol. The SMILES string of the molecule is O=C(O)c1cccc(Sc2ccccc2[N+](=O)[O-])n1. The molecule has 0 radical (unpaired) electrons. The van der Waals surface area contributed by atoms with E-state index in [9.17, 15) is 14.9 Å². The summed E-state index contributed by atoms with van der Waals surface area (Å²) in [6, 6.07) is 10.8. The van der Waals surface area contributed by atoms with Crippen LogP contribution in [0.3, 0.4) is 0 Å². The number of rotatable bonds is 4. The first-order chi connectivity index (χ1) is 9.08. The third-order valence-corrected chi connectivity index (χ3v) is 3.22. The molecule has 6 nitrogen and oxygen atoms in total. The molecule has 1 N–H and O–H groups in total. The molecule has 0 aliphatic rings. The third-order valence-electron chi connectivity index (χ3n) is 2.22. The molecule has 2 rings (SSSR count). The molecule has 1 aromatic carbocycles. The molecule has 0 saturated carbocycles. The predicted molar refractivity (Wildman–Crippen MR) is 68.4 cm³/mol. The maximum atomic E-state index is 10.9. The van der Waals surface area contributed by atoms with Crippen LogP contribution in [0.1, 0.15) is 10.5 Å². The fourth-order valence-corrected chi connectivity index (χ4v) is 2.31. The summed E-state index contributed by atoms with van der Waals surface area (Å²) in [7, 11) is 0. The van der Waals surface area contributed by atoms with Crippen LogP contribution in [-0.2, 0) is 0 Å². The molecule has 0 aliphatic heterocycles. The average Bonchev–Trinajstić information content (AvgIpc) is 2.39. The highest BCUT2D eigenvalue weighted by Gasteiger charge is 2.14. The maximum absolute atomic E-state index is 10.9. The van der Waals surface area contributed by atoms with Crippen molar-refractivity contribution in [3.05, 3.63) is 58.3 Å². The quantitative estimate of drug-likeness (QED) is 0.681. The molecule has 0 amide bonds. The van der Waals surface area contributed by atoms with Gasteiger partial charge in [-0.1, -0.05) is 30.0 Å². The first-order valence-electron chi connectivity index (χ1n) is 5.19. The maximum Gasteiger partial charge on any atom is 0.354 e. The lowest BCUT2D eigenvalue weighted by molar-refractivity contribution is -0.387. The van der Waals surface area contributed by atoms with Crippen molar-refractivity contribution in [1.29, 1.82) is 0 Å². The Kier molecular flexibility index (Phi) is 3.76. The molecule has 2 aromatic rings. The van der Waals surface area contributed by atoms with E-state index in [0.717, 1.165) is 11.8 Å². The first-order valence-corrected chi connectivity index (χ1v) is 6.01. The number of para-hydroxylation sites is 1. The Hall–Kier alpha value is -2.41. The van der Waals surface area contributed by atoms with Gasteiger partial charge in [-0.05, 0) is 18.2 Å². The lowest BCUT2D eigenvalue weighted by Gasteiger charge is -2.02. The Balaban J connectivity index is 2.34. The average molecular weight is 276 g/mol. The molecule has 0 spiro atoms. The minimum atomic E-state index is -1.13. The van der Waals surface area contributed by atoms with E-state index >= 15 is 0 Å². The Morgan fingerprint density at radius 1 is 1.21 bits per heavy atom. The van der Waals surface area contributed by atoms with E-state index in [4.69, 9.17) is 5.11 Å². The number of aromatic carboxylic acids is 1. The van der Waals surface area contributed by atoms with Crippen LogP contribution in [0.4, 0.5) is 5.69 Å². The Labute approximate surface area is 112 Å². The fraction of sp³-hybridized carbons (Fsp3) is 0. The Bertz CT molecular complexity index is 645. The van der Waals surface area contributed by atoms with Crippen molar-refractivity contribution in [2.45, 2.75) is 9.92 Å².